The summed E-state index contributed by atoms with van der Waals surface area (Å²) in [4.78, 5) is 15.0. The first-order valence-electron chi connectivity index (χ1n) is 9.35. The van der Waals surface area contributed by atoms with Crippen molar-refractivity contribution in [2.45, 2.75) is 57.9 Å². The second kappa shape index (κ2) is 7.10. The summed E-state index contributed by atoms with van der Waals surface area (Å²) in [6.07, 6.45) is 5.22. The molecule has 0 saturated carbocycles. The molecule has 2 atom stereocenters. The highest BCUT2D eigenvalue weighted by molar-refractivity contribution is 7.93. The largest absolute Gasteiger partial charge is 0.336 e. The minimum Gasteiger partial charge on any atom is -0.336 e. The van der Waals surface area contributed by atoms with Crippen LogP contribution in [0, 0.1) is 13.8 Å². The molecule has 2 heterocycles. The number of carbonyl (C=O) groups excluding carboxylic acids is 1. The van der Waals surface area contributed by atoms with Crippen molar-refractivity contribution in [3.05, 3.63) is 34.9 Å². The van der Waals surface area contributed by atoms with Gasteiger partial charge in [0.2, 0.25) is 5.91 Å². The number of aryl methyl sites for hydroxylation is 3. The third-order valence-electron chi connectivity index (χ3n) is 5.94. The van der Waals surface area contributed by atoms with Gasteiger partial charge in [-0.05, 0) is 57.1 Å². The van der Waals surface area contributed by atoms with E-state index in [0.29, 0.717) is 17.9 Å². The zero-order valence-electron chi connectivity index (χ0n) is 15.7. The summed E-state index contributed by atoms with van der Waals surface area (Å²) in [5, 5.41) is 0. The van der Waals surface area contributed by atoms with Crippen molar-refractivity contribution in [1.82, 2.24) is 4.90 Å². The number of benzene rings is 1. The quantitative estimate of drug-likeness (QED) is 0.826. The second-order valence-corrected chi connectivity index (χ2v) is 10.3. The third-order valence-corrected chi connectivity index (χ3v) is 8.52. The van der Waals surface area contributed by atoms with Gasteiger partial charge in [0.1, 0.15) is 0 Å². The molecule has 2 saturated heterocycles. The summed E-state index contributed by atoms with van der Waals surface area (Å²) < 4.78 is 17.1. The molecular formula is C20H30N2O2S. The molecule has 2 fully saturated rings. The van der Waals surface area contributed by atoms with Gasteiger partial charge in [0.25, 0.3) is 0 Å². The highest BCUT2D eigenvalue weighted by atomic mass is 32.2. The molecule has 1 spiro atoms. The Kier molecular flexibility index (Phi) is 5.24. The van der Waals surface area contributed by atoms with Crippen LogP contribution in [0.25, 0.3) is 0 Å². The zero-order valence-corrected chi connectivity index (χ0v) is 16.5. The van der Waals surface area contributed by atoms with Gasteiger partial charge in [0.05, 0.1) is 11.3 Å². The predicted octanol–water partition coefficient (Wildman–Crippen LogP) is 3.49. The lowest BCUT2D eigenvalue weighted by Gasteiger charge is -2.42. The van der Waals surface area contributed by atoms with Crippen molar-refractivity contribution in [2.75, 3.05) is 25.1 Å². The van der Waals surface area contributed by atoms with Crippen LogP contribution in [-0.2, 0) is 20.9 Å². The summed E-state index contributed by atoms with van der Waals surface area (Å²) in [5.74, 6) is 1.49. The monoisotopic (exact) mass is 362 g/mol. The third kappa shape index (κ3) is 3.76. The van der Waals surface area contributed by atoms with E-state index in [9.17, 15) is 9.00 Å². The van der Waals surface area contributed by atoms with Gasteiger partial charge in [-0.25, -0.2) is 8.57 Å². The lowest BCUT2D eigenvalue weighted by molar-refractivity contribution is -0.135. The number of amides is 1. The molecule has 2 aliphatic rings. The normalized spacial score (nSPS) is 29.2. The fourth-order valence-corrected chi connectivity index (χ4v) is 6.92. The molecule has 0 N–H and O–H groups in total. The molecule has 0 aromatic heterocycles. The predicted molar refractivity (Wildman–Crippen MR) is 103 cm³/mol. The Morgan fingerprint density at radius 3 is 2.76 bits per heavy atom. The molecule has 5 heteroatoms. The van der Waals surface area contributed by atoms with Crippen LogP contribution in [0.4, 0.5) is 0 Å². The topological polar surface area (TPSA) is 49.7 Å². The lowest BCUT2D eigenvalue weighted by Crippen LogP contribution is -2.54. The molecule has 0 aliphatic carbocycles. The summed E-state index contributed by atoms with van der Waals surface area (Å²) in [6.45, 7) is 5.02. The van der Waals surface area contributed by atoms with Gasteiger partial charge >= 0.3 is 0 Å². The van der Waals surface area contributed by atoms with Crippen LogP contribution in [0.5, 0.6) is 0 Å². The van der Waals surface area contributed by atoms with Crippen LogP contribution in [0.1, 0.15) is 48.8 Å². The van der Waals surface area contributed by atoms with Crippen molar-refractivity contribution in [3.8, 4) is 0 Å². The Hall–Kier alpha value is -1.36. The summed E-state index contributed by atoms with van der Waals surface area (Å²) in [7, 11) is -0.465. The maximum absolute atomic E-state index is 13.0. The number of hydrogen-bond donors (Lipinski definition) is 0. The number of nitrogens with zero attached hydrogens (tertiary/aromatic N) is 2. The molecule has 1 aromatic rings. The fraction of sp³-hybridized carbons (Fsp3) is 0.650. The van der Waals surface area contributed by atoms with Gasteiger partial charge in [-0.1, -0.05) is 23.8 Å². The molecule has 4 nitrogen and oxygen atoms in total. The van der Waals surface area contributed by atoms with Gasteiger partial charge in [0, 0.05) is 35.5 Å². The fourth-order valence-electron chi connectivity index (χ4n) is 4.59. The first-order valence-corrected chi connectivity index (χ1v) is 11.2. The molecular weight excluding hydrogens is 332 g/mol. The van der Waals surface area contributed by atoms with E-state index in [1.807, 2.05) is 0 Å². The summed E-state index contributed by atoms with van der Waals surface area (Å²) in [6, 6.07) is 6.43. The van der Waals surface area contributed by atoms with Crippen LogP contribution < -0.4 is 0 Å². The maximum Gasteiger partial charge on any atom is 0.223 e. The smallest absolute Gasteiger partial charge is 0.223 e. The van der Waals surface area contributed by atoms with Crippen LogP contribution in [0.15, 0.2) is 22.6 Å². The van der Waals surface area contributed by atoms with Crippen molar-refractivity contribution >= 4 is 15.6 Å². The molecule has 1 aromatic carbocycles. The molecule has 25 heavy (non-hydrogen) atoms. The van der Waals surface area contributed by atoms with Gasteiger partial charge < -0.3 is 4.90 Å². The molecule has 2 unspecified atom stereocenters. The van der Waals surface area contributed by atoms with E-state index in [0.717, 1.165) is 38.6 Å². The summed E-state index contributed by atoms with van der Waals surface area (Å²) >= 11 is 0. The SMILES string of the molecule is CN=S1(=O)CCCC2(CCCN2C(=O)CCc2ccc(C)cc2C)C1. The average molecular weight is 363 g/mol. The number of likely N-dealkylation sites (tertiary alicyclic amines) is 1. The number of carbonyl (C=O) groups is 1. The van der Waals surface area contributed by atoms with Gasteiger partial charge in [-0.3, -0.25) is 4.79 Å². The Bertz CT molecular complexity index is 780. The van der Waals surface area contributed by atoms with E-state index in [1.165, 1.54) is 16.7 Å². The first-order chi connectivity index (χ1) is 11.9. The molecule has 1 amide bonds. The zero-order chi connectivity index (χ0) is 18.1. The van der Waals surface area contributed by atoms with Crippen LogP contribution in [0.2, 0.25) is 0 Å². The van der Waals surface area contributed by atoms with E-state index in [1.54, 1.807) is 7.05 Å². The molecule has 0 bridgehead atoms. The molecule has 138 valence electrons. The van der Waals surface area contributed by atoms with Crippen molar-refractivity contribution in [1.29, 1.82) is 0 Å². The Balaban J connectivity index is 1.72. The van der Waals surface area contributed by atoms with E-state index in [2.05, 4.69) is 41.3 Å². The molecule has 0 radical (unpaired) electrons. The number of rotatable bonds is 3. The summed E-state index contributed by atoms with van der Waals surface area (Å²) in [5.41, 5.74) is 3.57. The highest BCUT2D eigenvalue weighted by Crippen LogP contribution is 2.39. The highest BCUT2D eigenvalue weighted by Gasteiger charge is 2.47. The van der Waals surface area contributed by atoms with E-state index < -0.39 is 9.73 Å². The van der Waals surface area contributed by atoms with Crippen molar-refractivity contribution in [3.63, 3.8) is 0 Å². The molecule has 2 aliphatic heterocycles. The molecule has 3 rings (SSSR count). The second-order valence-electron chi connectivity index (χ2n) is 7.71. The Labute approximate surface area is 152 Å². The Morgan fingerprint density at radius 1 is 1.28 bits per heavy atom. The van der Waals surface area contributed by atoms with E-state index in [-0.39, 0.29) is 11.4 Å². The first kappa shape index (κ1) is 18.4. The lowest BCUT2D eigenvalue weighted by atomic mass is 9.91. The van der Waals surface area contributed by atoms with E-state index in [4.69, 9.17) is 0 Å². The van der Waals surface area contributed by atoms with Crippen LogP contribution in [-0.4, -0.2) is 45.7 Å². The standard InChI is InChI=1S/C20H30N2O2S/c1-16-6-7-18(17(2)14-16)8-9-19(23)22-12-4-10-20(22)11-5-13-25(24,15-20)21-3/h6-7,14H,4-5,8-13,15H2,1-3H3. The minimum absolute atomic E-state index is 0.200. The van der Waals surface area contributed by atoms with Gasteiger partial charge in [-0.15, -0.1) is 0 Å². The van der Waals surface area contributed by atoms with Crippen molar-refractivity contribution in [2.24, 2.45) is 4.36 Å². The van der Waals surface area contributed by atoms with Crippen molar-refractivity contribution < 1.29 is 9.00 Å². The van der Waals surface area contributed by atoms with Gasteiger partial charge in [-0.2, -0.15) is 0 Å². The minimum atomic E-state index is -2.13. The van der Waals surface area contributed by atoms with Crippen LogP contribution >= 0.6 is 0 Å². The average Bonchev–Trinajstić information content (AvgIpc) is 2.96. The Morgan fingerprint density at radius 2 is 2.04 bits per heavy atom. The number of hydrogen-bond acceptors (Lipinski definition) is 3. The van der Waals surface area contributed by atoms with Crippen LogP contribution in [0.3, 0.4) is 0 Å². The maximum atomic E-state index is 13.0. The van der Waals surface area contributed by atoms with Gasteiger partial charge in [0.15, 0.2) is 0 Å². The van der Waals surface area contributed by atoms with E-state index >= 15 is 0 Å².